The molecule has 0 bridgehead atoms. The van der Waals surface area contributed by atoms with Gasteiger partial charge in [-0.3, -0.25) is 4.79 Å². The standard InChI is InChI=1S/C12H14N2O/c1-9-5-3-4-6-11(9)14-12(15)10(2)7-8-13/h3-6,10H,7H2,1-2H3,(H,14,15). The van der Waals surface area contributed by atoms with Gasteiger partial charge in [-0.05, 0) is 18.6 Å². The topological polar surface area (TPSA) is 52.9 Å². The van der Waals surface area contributed by atoms with Crippen LogP contribution in [-0.4, -0.2) is 5.91 Å². The Morgan fingerprint density at radius 2 is 2.20 bits per heavy atom. The average molecular weight is 202 g/mol. The van der Waals surface area contributed by atoms with E-state index in [1.54, 1.807) is 6.92 Å². The van der Waals surface area contributed by atoms with Crippen molar-refractivity contribution in [1.29, 1.82) is 5.26 Å². The van der Waals surface area contributed by atoms with E-state index in [-0.39, 0.29) is 18.2 Å². The smallest absolute Gasteiger partial charge is 0.228 e. The predicted octanol–water partition coefficient (Wildman–Crippen LogP) is 2.48. The van der Waals surface area contributed by atoms with Gasteiger partial charge in [0.2, 0.25) is 5.91 Å². The molecule has 3 heteroatoms. The minimum Gasteiger partial charge on any atom is -0.326 e. The summed E-state index contributed by atoms with van der Waals surface area (Å²) in [5.41, 5.74) is 1.84. The van der Waals surface area contributed by atoms with Crippen LogP contribution in [0, 0.1) is 24.2 Å². The molecule has 0 spiro atoms. The van der Waals surface area contributed by atoms with Crippen LogP contribution in [0.15, 0.2) is 24.3 Å². The second kappa shape index (κ2) is 5.16. The van der Waals surface area contributed by atoms with E-state index >= 15 is 0 Å². The van der Waals surface area contributed by atoms with E-state index in [4.69, 9.17) is 5.26 Å². The molecule has 1 aromatic carbocycles. The second-order valence-corrected chi connectivity index (χ2v) is 3.57. The molecule has 0 aliphatic carbocycles. The molecule has 15 heavy (non-hydrogen) atoms. The zero-order valence-corrected chi connectivity index (χ0v) is 8.95. The van der Waals surface area contributed by atoms with Crippen molar-refractivity contribution in [1.82, 2.24) is 0 Å². The van der Waals surface area contributed by atoms with Crippen LogP contribution in [0.2, 0.25) is 0 Å². The Morgan fingerprint density at radius 1 is 1.53 bits per heavy atom. The molecule has 3 nitrogen and oxygen atoms in total. The predicted molar refractivity (Wildman–Crippen MR) is 59.2 cm³/mol. The lowest BCUT2D eigenvalue weighted by Crippen LogP contribution is -2.20. The number of nitrogens with one attached hydrogen (secondary N) is 1. The Hall–Kier alpha value is -1.82. The Morgan fingerprint density at radius 3 is 2.80 bits per heavy atom. The van der Waals surface area contributed by atoms with E-state index in [9.17, 15) is 4.79 Å². The van der Waals surface area contributed by atoms with Gasteiger partial charge in [-0.25, -0.2) is 0 Å². The molecule has 1 amide bonds. The van der Waals surface area contributed by atoms with Crippen LogP contribution < -0.4 is 5.32 Å². The first-order valence-electron chi connectivity index (χ1n) is 4.88. The van der Waals surface area contributed by atoms with Crippen LogP contribution in [0.5, 0.6) is 0 Å². The van der Waals surface area contributed by atoms with Gasteiger partial charge in [0, 0.05) is 18.0 Å². The van der Waals surface area contributed by atoms with Crippen molar-refractivity contribution in [3.8, 4) is 6.07 Å². The van der Waals surface area contributed by atoms with Crippen LogP contribution in [-0.2, 0) is 4.79 Å². The number of rotatable bonds is 3. The number of para-hydroxylation sites is 1. The van der Waals surface area contributed by atoms with E-state index in [1.807, 2.05) is 37.3 Å². The van der Waals surface area contributed by atoms with Crippen molar-refractivity contribution in [2.45, 2.75) is 20.3 Å². The van der Waals surface area contributed by atoms with Crippen LogP contribution >= 0.6 is 0 Å². The molecule has 0 saturated heterocycles. The molecule has 1 aromatic rings. The third-order valence-electron chi connectivity index (χ3n) is 2.25. The minimum absolute atomic E-state index is 0.106. The van der Waals surface area contributed by atoms with E-state index < -0.39 is 0 Å². The molecule has 1 atom stereocenters. The summed E-state index contributed by atoms with van der Waals surface area (Å²) in [5, 5.41) is 11.3. The van der Waals surface area contributed by atoms with E-state index in [1.165, 1.54) is 0 Å². The highest BCUT2D eigenvalue weighted by Crippen LogP contribution is 2.14. The van der Waals surface area contributed by atoms with Gasteiger partial charge in [-0.15, -0.1) is 0 Å². The number of carbonyl (C=O) groups is 1. The number of hydrogen-bond donors (Lipinski definition) is 1. The van der Waals surface area contributed by atoms with Gasteiger partial charge in [-0.1, -0.05) is 25.1 Å². The number of hydrogen-bond acceptors (Lipinski definition) is 2. The lowest BCUT2D eigenvalue weighted by Gasteiger charge is -2.10. The Labute approximate surface area is 89.7 Å². The summed E-state index contributed by atoms with van der Waals surface area (Å²) in [6, 6.07) is 9.57. The number of nitrogens with zero attached hydrogens (tertiary/aromatic N) is 1. The monoisotopic (exact) mass is 202 g/mol. The van der Waals surface area contributed by atoms with Crippen LogP contribution in [0.25, 0.3) is 0 Å². The summed E-state index contributed by atoms with van der Waals surface area (Å²) in [4.78, 5) is 11.6. The fourth-order valence-electron chi connectivity index (χ4n) is 1.20. The largest absolute Gasteiger partial charge is 0.326 e. The maximum absolute atomic E-state index is 11.6. The first-order valence-corrected chi connectivity index (χ1v) is 4.88. The second-order valence-electron chi connectivity index (χ2n) is 3.57. The van der Waals surface area contributed by atoms with Gasteiger partial charge in [0.15, 0.2) is 0 Å². The Bertz CT molecular complexity index is 393. The van der Waals surface area contributed by atoms with E-state index in [2.05, 4.69) is 5.32 Å². The SMILES string of the molecule is Cc1ccccc1NC(=O)C(C)CC#N. The summed E-state index contributed by atoms with van der Waals surface area (Å²) < 4.78 is 0. The van der Waals surface area contributed by atoms with Crippen LogP contribution in [0.3, 0.4) is 0 Å². The van der Waals surface area contributed by atoms with Gasteiger partial charge < -0.3 is 5.32 Å². The maximum Gasteiger partial charge on any atom is 0.228 e. The molecule has 1 unspecified atom stereocenters. The molecule has 0 heterocycles. The van der Waals surface area contributed by atoms with E-state index in [0.29, 0.717) is 0 Å². The molecule has 0 fully saturated rings. The van der Waals surface area contributed by atoms with Gasteiger partial charge in [0.25, 0.3) is 0 Å². The van der Waals surface area contributed by atoms with Gasteiger partial charge in [0.05, 0.1) is 6.07 Å². The third kappa shape index (κ3) is 3.10. The van der Waals surface area contributed by atoms with Gasteiger partial charge in [-0.2, -0.15) is 5.26 Å². The number of amides is 1. The summed E-state index contributed by atoms with van der Waals surface area (Å²) in [5.74, 6) is -0.375. The third-order valence-corrected chi connectivity index (χ3v) is 2.25. The molecule has 1 rings (SSSR count). The number of benzene rings is 1. The highest BCUT2D eigenvalue weighted by Gasteiger charge is 2.12. The number of aryl methyl sites for hydroxylation is 1. The summed E-state index contributed by atoms with van der Waals surface area (Å²) in [6.07, 6.45) is 0.248. The first-order chi connectivity index (χ1) is 7.15. The zero-order chi connectivity index (χ0) is 11.3. The van der Waals surface area contributed by atoms with Crippen molar-refractivity contribution in [3.63, 3.8) is 0 Å². The number of nitriles is 1. The highest BCUT2D eigenvalue weighted by molar-refractivity contribution is 5.93. The minimum atomic E-state index is -0.269. The highest BCUT2D eigenvalue weighted by atomic mass is 16.1. The molecular formula is C12H14N2O. The fourth-order valence-corrected chi connectivity index (χ4v) is 1.20. The lowest BCUT2D eigenvalue weighted by molar-refractivity contribution is -0.119. The lowest BCUT2D eigenvalue weighted by atomic mass is 10.1. The Kier molecular flexibility index (Phi) is 3.87. The van der Waals surface area contributed by atoms with Crippen LogP contribution in [0.4, 0.5) is 5.69 Å². The molecule has 1 N–H and O–H groups in total. The summed E-state index contributed by atoms with van der Waals surface area (Å²) >= 11 is 0. The van der Waals surface area contributed by atoms with Crippen molar-refractivity contribution in [2.75, 3.05) is 5.32 Å². The molecule has 0 saturated carbocycles. The summed E-state index contributed by atoms with van der Waals surface area (Å²) in [6.45, 7) is 3.68. The molecule has 0 aliphatic rings. The fraction of sp³-hybridized carbons (Fsp3) is 0.333. The maximum atomic E-state index is 11.6. The van der Waals surface area contributed by atoms with Gasteiger partial charge in [0.1, 0.15) is 0 Å². The molecule has 0 aromatic heterocycles. The molecule has 78 valence electrons. The quantitative estimate of drug-likeness (QED) is 0.818. The van der Waals surface area contributed by atoms with E-state index in [0.717, 1.165) is 11.3 Å². The number of carbonyl (C=O) groups excluding carboxylic acids is 1. The van der Waals surface area contributed by atoms with Gasteiger partial charge >= 0.3 is 0 Å². The average Bonchev–Trinajstić information content (AvgIpc) is 2.21. The number of anilines is 1. The van der Waals surface area contributed by atoms with Crippen molar-refractivity contribution >= 4 is 11.6 Å². The molecule has 0 aliphatic heterocycles. The first kappa shape index (κ1) is 11.3. The molecular weight excluding hydrogens is 188 g/mol. The normalized spacial score (nSPS) is 11.5. The van der Waals surface area contributed by atoms with Crippen molar-refractivity contribution in [2.24, 2.45) is 5.92 Å². The zero-order valence-electron chi connectivity index (χ0n) is 8.95. The van der Waals surface area contributed by atoms with Crippen molar-refractivity contribution in [3.05, 3.63) is 29.8 Å². The van der Waals surface area contributed by atoms with Crippen molar-refractivity contribution < 1.29 is 4.79 Å². The van der Waals surface area contributed by atoms with Crippen LogP contribution in [0.1, 0.15) is 18.9 Å². The summed E-state index contributed by atoms with van der Waals surface area (Å²) in [7, 11) is 0. The Balaban J connectivity index is 2.67. The molecule has 0 radical (unpaired) electrons.